The third kappa shape index (κ3) is 5.17. The van der Waals surface area contributed by atoms with Crippen molar-refractivity contribution < 1.29 is 14.3 Å². The molecule has 4 N–H and O–H groups in total. The number of nitrogens with two attached hydrogens (primary N) is 1. The lowest BCUT2D eigenvalue weighted by molar-refractivity contribution is -0.120. The van der Waals surface area contributed by atoms with Crippen LogP contribution in [0.4, 0.5) is 5.69 Å². The van der Waals surface area contributed by atoms with Crippen molar-refractivity contribution in [3.8, 4) is 5.75 Å². The number of rotatable bonds is 6. The number of anilines is 1. The van der Waals surface area contributed by atoms with Crippen molar-refractivity contribution >= 4 is 17.5 Å². The molecule has 0 fully saturated rings. The molecule has 0 saturated carbocycles. The van der Waals surface area contributed by atoms with E-state index in [0.717, 1.165) is 0 Å². The van der Waals surface area contributed by atoms with Crippen LogP contribution in [0.25, 0.3) is 0 Å². The number of hydrogen-bond acceptors (Lipinski definition) is 4. The Balaban J connectivity index is 2.65. The van der Waals surface area contributed by atoms with Crippen molar-refractivity contribution in [2.75, 3.05) is 18.9 Å². The summed E-state index contributed by atoms with van der Waals surface area (Å²) in [5, 5.41) is 5.23. The number of hydrogen-bond donors (Lipinski definition) is 3. The molecule has 0 bridgehead atoms. The summed E-state index contributed by atoms with van der Waals surface area (Å²) in [5.74, 6) is -0.0660. The first-order chi connectivity index (χ1) is 9.42. The third-order valence-electron chi connectivity index (χ3n) is 2.36. The van der Waals surface area contributed by atoms with Gasteiger partial charge in [-0.05, 0) is 32.9 Å². The van der Waals surface area contributed by atoms with Crippen LogP contribution in [0.5, 0.6) is 5.75 Å². The monoisotopic (exact) mass is 279 g/mol. The minimum absolute atomic E-state index is 0.0383. The number of ether oxygens (including phenoxy) is 1. The predicted molar refractivity (Wildman–Crippen MR) is 77.6 cm³/mol. The van der Waals surface area contributed by atoms with E-state index < -0.39 is 0 Å². The fourth-order valence-electron chi connectivity index (χ4n) is 1.64. The summed E-state index contributed by atoms with van der Waals surface area (Å²) in [6.07, 6.45) is 0. The number of carbonyl (C=O) groups is 2. The molecule has 1 aromatic rings. The molecule has 20 heavy (non-hydrogen) atoms. The van der Waals surface area contributed by atoms with Crippen LogP contribution in [0.15, 0.2) is 18.2 Å². The molecule has 1 aromatic carbocycles. The Bertz CT molecular complexity index is 487. The Morgan fingerprint density at radius 2 is 2.00 bits per heavy atom. The fraction of sp³-hybridized carbons (Fsp3) is 0.429. The smallest absolute Gasteiger partial charge is 0.251 e. The molecule has 0 saturated heterocycles. The summed E-state index contributed by atoms with van der Waals surface area (Å²) in [5.41, 5.74) is 6.51. The van der Waals surface area contributed by atoms with Gasteiger partial charge in [-0.2, -0.15) is 0 Å². The van der Waals surface area contributed by atoms with E-state index in [4.69, 9.17) is 10.5 Å². The molecule has 0 atom stereocenters. The van der Waals surface area contributed by atoms with E-state index >= 15 is 0 Å². The summed E-state index contributed by atoms with van der Waals surface area (Å²) >= 11 is 0. The quantitative estimate of drug-likeness (QED) is 0.675. The fourth-order valence-corrected chi connectivity index (χ4v) is 1.64. The van der Waals surface area contributed by atoms with Crippen LogP contribution < -0.4 is 21.1 Å². The predicted octanol–water partition coefficient (Wildman–Crippen LogP) is 0.922. The summed E-state index contributed by atoms with van der Waals surface area (Å²) in [6.45, 7) is 5.97. The molecule has 0 heterocycles. The minimum Gasteiger partial charge on any atom is -0.494 e. The zero-order chi connectivity index (χ0) is 15.1. The van der Waals surface area contributed by atoms with Gasteiger partial charge >= 0.3 is 0 Å². The Hall–Kier alpha value is -2.24. The van der Waals surface area contributed by atoms with E-state index in [-0.39, 0.29) is 24.4 Å². The van der Waals surface area contributed by atoms with Crippen molar-refractivity contribution in [1.82, 2.24) is 10.6 Å². The molecule has 0 aliphatic carbocycles. The lowest BCUT2D eigenvalue weighted by atomic mass is 10.1. The highest BCUT2D eigenvalue weighted by Gasteiger charge is 2.10. The number of benzene rings is 1. The molecular weight excluding hydrogens is 258 g/mol. The number of nitrogen functional groups attached to an aromatic ring is 1. The van der Waals surface area contributed by atoms with Crippen LogP contribution in [-0.2, 0) is 4.79 Å². The highest BCUT2D eigenvalue weighted by atomic mass is 16.5. The molecule has 1 rings (SSSR count). The van der Waals surface area contributed by atoms with Crippen LogP contribution in [0.3, 0.4) is 0 Å². The third-order valence-corrected chi connectivity index (χ3v) is 2.36. The van der Waals surface area contributed by atoms with E-state index in [1.807, 2.05) is 20.8 Å². The summed E-state index contributed by atoms with van der Waals surface area (Å²) in [4.78, 5) is 23.4. The van der Waals surface area contributed by atoms with Crippen LogP contribution in [0.1, 0.15) is 31.1 Å². The van der Waals surface area contributed by atoms with Gasteiger partial charge in [-0.1, -0.05) is 0 Å². The van der Waals surface area contributed by atoms with Gasteiger partial charge in [0, 0.05) is 23.4 Å². The number of nitrogens with one attached hydrogen (secondary N) is 2. The Morgan fingerprint density at radius 1 is 1.30 bits per heavy atom. The second kappa shape index (κ2) is 7.37. The highest BCUT2D eigenvalue weighted by molar-refractivity contribution is 5.97. The van der Waals surface area contributed by atoms with Crippen molar-refractivity contribution in [2.24, 2.45) is 0 Å². The SMILES string of the molecule is CCOc1cc(N)cc(C(=O)NCC(=O)NC(C)C)c1. The number of carbonyl (C=O) groups excluding carboxylic acids is 2. The van der Waals surface area contributed by atoms with E-state index in [9.17, 15) is 9.59 Å². The van der Waals surface area contributed by atoms with Gasteiger partial charge in [-0.25, -0.2) is 0 Å². The first-order valence-corrected chi connectivity index (χ1v) is 6.53. The second-order valence-electron chi connectivity index (χ2n) is 4.63. The Labute approximate surface area is 118 Å². The van der Waals surface area contributed by atoms with E-state index in [0.29, 0.717) is 23.6 Å². The summed E-state index contributed by atoms with van der Waals surface area (Å²) in [7, 11) is 0. The van der Waals surface area contributed by atoms with Crippen molar-refractivity contribution in [2.45, 2.75) is 26.8 Å². The van der Waals surface area contributed by atoms with E-state index in [1.54, 1.807) is 12.1 Å². The second-order valence-corrected chi connectivity index (χ2v) is 4.63. The van der Waals surface area contributed by atoms with Crippen LogP contribution in [-0.4, -0.2) is 31.0 Å². The summed E-state index contributed by atoms with van der Waals surface area (Å²) < 4.78 is 5.32. The Kier molecular flexibility index (Phi) is 5.83. The van der Waals surface area contributed by atoms with Crippen LogP contribution >= 0.6 is 0 Å². The highest BCUT2D eigenvalue weighted by Crippen LogP contribution is 2.18. The van der Waals surface area contributed by atoms with Gasteiger partial charge in [-0.15, -0.1) is 0 Å². The lowest BCUT2D eigenvalue weighted by Gasteiger charge is -2.10. The van der Waals surface area contributed by atoms with E-state index in [2.05, 4.69) is 10.6 Å². The molecule has 0 radical (unpaired) electrons. The molecule has 0 aliphatic rings. The molecule has 6 nitrogen and oxygen atoms in total. The van der Waals surface area contributed by atoms with Crippen LogP contribution in [0.2, 0.25) is 0 Å². The molecule has 2 amide bonds. The molecule has 0 aliphatic heterocycles. The first kappa shape index (κ1) is 15.8. The van der Waals surface area contributed by atoms with Gasteiger partial charge in [0.25, 0.3) is 5.91 Å². The number of amides is 2. The van der Waals surface area contributed by atoms with Crippen molar-refractivity contribution in [3.63, 3.8) is 0 Å². The van der Waals surface area contributed by atoms with Gasteiger partial charge < -0.3 is 21.1 Å². The lowest BCUT2D eigenvalue weighted by Crippen LogP contribution is -2.39. The molecule has 110 valence electrons. The molecule has 0 unspecified atom stereocenters. The normalized spacial score (nSPS) is 10.2. The van der Waals surface area contributed by atoms with Gasteiger partial charge in [-0.3, -0.25) is 9.59 Å². The first-order valence-electron chi connectivity index (χ1n) is 6.53. The summed E-state index contributed by atoms with van der Waals surface area (Å²) in [6, 6.07) is 4.82. The average Bonchev–Trinajstić information content (AvgIpc) is 2.34. The molecule has 0 spiro atoms. The van der Waals surface area contributed by atoms with Crippen molar-refractivity contribution in [1.29, 1.82) is 0 Å². The largest absolute Gasteiger partial charge is 0.494 e. The van der Waals surface area contributed by atoms with Gasteiger partial charge in [0.2, 0.25) is 5.91 Å². The maximum Gasteiger partial charge on any atom is 0.251 e. The average molecular weight is 279 g/mol. The maximum atomic E-state index is 11.9. The Morgan fingerprint density at radius 3 is 2.60 bits per heavy atom. The zero-order valence-electron chi connectivity index (χ0n) is 12.0. The standard InChI is InChI=1S/C14H21N3O3/c1-4-20-12-6-10(5-11(15)7-12)14(19)16-8-13(18)17-9(2)3/h5-7,9H,4,8,15H2,1-3H3,(H,16,19)(H,17,18). The molecular formula is C14H21N3O3. The van der Waals surface area contributed by atoms with Gasteiger partial charge in [0.1, 0.15) is 5.75 Å². The van der Waals surface area contributed by atoms with E-state index in [1.165, 1.54) is 6.07 Å². The topological polar surface area (TPSA) is 93.4 Å². The molecule has 6 heteroatoms. The minimum atomic E-state index is -0.364. The van der Waals surface area contributed by atoms with Crippen LogP contribution in [0, 0.1) is 0 Å². The van der Waals surface area contributed by atoms with Gasteiger partial charge in [0.15, 0.2) is 0 Å². The van der Waals surface area contributed by atoms with Gasteiger partial charge in [0.05, 0.1) is 13.2 Å². The van der Waals surface area contributed by atoms with Crippen molar-refractivity contribution in [3.05, 3.63) is 23.8 Å². The molecule has 0 aromatic heterocycles. The zero-order valence-corrected chi connectivity index (χ0v) is 12.0. The maximum absolute atomic E-state index is 11.9.